The van der Waals surface area contributed by atoms with Crippen molar-refractivity contribution in [2.75, 3.05) is 0 Å². The van der Waals surface area contributed by atoms with Crippen LogP contribution in [0.3, 0.4) is 0 Å². The van der Waals surface area contributed by atoms with Crippen molar-refractivity contribution in [1.29, 1.82) is 0 Å². The van der Waals surface area contributed by atoms with Crippen LogP contribution < -0.4 is 5.32 Å². The van der Waals surface area contributed by atoms with Gasteiger partial charge in [-0.15, -0.1) is 0 Å². The number of aromatic nitrogens is 2. The van der Waals surface area contributed by atoms with Gasteiger partial charge in [-0.05, 0) is 43.0 Å². The number of nitrogens with zero attached hydrogens (tertiary/aromatic N) is 2. The lowest BCUT2D eigenvalue weighted by Crippen LogP contribution is -2.34. The number of halogens is 1. The fourth-order valence-corrected chi connectivity index (χ4v) is 2.65. The minimum Gasteiger partial charge on any atom is -0.388 e. The van der Waals surface area contributed by atoms with E-state index in [0.29, 0.717) is 17.7 Å². The molecule has 2 rings (SSSR count). The van der Waals surface area contributed by atoms with Gasteiger partial charge in [-0.2, -0.15) is 5.10 Å². The van der Waals surface area contributed by atoms with Crippen molar-refractivity contribution in [3.63, 3.8) is 0 Å². The number of benzene rings is 1. The molecule has 5 nitrogen and oxygen atoms in total. The van der Waals surface area contributed by atoms with Gasteiger partial charge in [0.1, 0.15) is 11.5 Å². The molecule has 0 spiro atoms. The third-order valence-corrected chi connectivity index (χ3v) is 3.95. The van der Waals surface area contributed by atoms with E-state index in [4.69, 9.17) is 0 Å². The molecule has 0 bridgehead atoms. The second-order valence-electron chi connectivity index (χ2n) is 6.41. The molecule has 0 aliphatic heterocycles. The van der Waals surface area contributed by atoms with Crippen LogP contribution >= 0.6 is 0 Å². The molecule has 0 aliphatic carbocycles. The Bertz CT molecular complexity index is 695. The standard InChI is InChI=1S/C18H24FN3O2/c1-11(2)16-10-15(21-22(16)4)18(24)20-12(3)9-17(23)13-5-7-14(19)8-6-13/h5-8,10-12,17,23H,9H2,1-4H3,(H,20,24). The van der Waals surface area contributed by atoms with Crippen LogP contribution in [0.5, 0.6) is 0 Å². The van der Waals surface area contributed by atoms with E-state index in [-0.39, 0.29) is 23.7 Å². The number of hydrogen-bond acceptors (Lipinski definition) is 3. The predicted octanol–water partition coefficient (Wildman–Crippen LogP) is 2.92. The average Bonchev–Trinajstić information content (AvgIpc) is 2.90. The Balaban J connectivity index is 1.96. The molecule has 2 unspecified atom stereocenters. The molecule has 6 heteroatoms. The van der Waals surface area contributed by atoms with Crippen LogP contribution in [0.4, 0.5) is 4.39 Å². The zero-order valence-electron chi connectivity index (χ0n) is 14.5. The molecular formula is C18H24FN3O2. The normalized spacial score (nSPS) is 13.8. The highest BCUT2D eigenvalue weighted by molar-refractivity contribution is 5.92. The van der Waals surface area contributed by atoms with Gasteiger partial charge in [0.2, 0.25) is 0 Å². The van der Waals surface area contributed by atoms with E-state index in [2.05, 4.69) is 10.4 Å². The van der Waals surface area contributed by atoms with E-state index in [1.165, 1.54) is 12.1 Å². The van der Waals surface area contributed by atoms with Gasteiger partial charge in [0, 0.05) is 18.8 Å². The van der Waals surface area contributed by atoms with Crippen molar-refractivity contribution in [2.45, 2.75) is 45.3 Å². The predicted molar refractivity (Wildman–Crippen MR) is 90.2 cm³/mol. The molecule has 1 heterocycles. The van der Waals surface area contributed by atoms with E-state index in [1.54, 1.807) is 22.9 Å². The number of aliphatic hydroxyl groups is 1. The number of aryl methyl sites for hydroxylation is 1. The van der Waals surface area contributed by atoms with Crippen LogP contribution in [0.25, 0.3) is 0 Å². The highest BCUT2D eigenvalue weighted by Crippen LogP contribution is 2.19. The minimum absolute atomic E-state index is 0.248. The largest absolute Gasteiger partial charge is 0.388 e. The molecule has 0 aliphatic rings. The van der Waals surface area contributed by atoms with Gasteiger partial charge in [0.05, 0.1) is 6.10 Å². The smallest absolute Gasteiger partial charge is 0.271 e. The maximum atomic E-state index is 12.9. The molecule has 0 radical (unpaired) electrons. The summed E-state index contributed by atoms with van der Waals surface area (Å²) in [6, 6.07) is 7.24. The molecule has 0 fully saturated rings. The van der Waals surface area contributed by atoms with E-state index in [9.17, 15) is 14.3 Å². The first-order chi connectivity index (χ1) is 11.3. The van der Waals surface area contributed by atoms with Crippen molar-refractivity contribution in [3.05, 3.63) is 53.1 Å². The van der Waals surface area contributed by atoms with Gasteiger partial charge >= 0.3 is 0 Å². The fourth-order valence-electron chi connectivity index (χ4n) is 2.65. The fraction of sp³-hybridized carbons (Fsp3) is 0.444. The minimum atomic E-state index is -0.768. The number of nitrogens with one attached hydrogen (secondary N) is 1. The highest BCUT2D eigenvalue weighted by atomic mass is 19.1. The lowest BCUT2D eigenvalue weighted by atomic mass is 10.0. The molecule has 2 aromatic rings. The summed E-state index contributed by atoms with van der Waals surface area (Å²) in [4.78, 5) is 12.3. The van der Waals surface area contributed by atoms with E-state index >= 15 is 0 Å². The summed E-state index contributed by atoms with van der Waals surface area (Å²) in [7, 11) is 1.81. The first-order valence-corrected chi connectivity index (χ1v) is 8.06. The lowest BCUT2D eigenvalue weighted by molar-refractivity contribution is 0.0911. The molecule has 1 aromatic carbocycles. The van der Waals surface area contributed by atoms with E-state index in [0.717, 1.165) is 5.69 Å². The summed E-state index contributed by atoms with van der Waals surface area (Å²) in [6.07, 6.45) is -0.433. The summed E-state index contributed by atoms with van der Waals surface area (Å²) in [5.74, 6) is -0.332. The third kappa shape index (κ3) is 4.41. The Morgan fingerprint density at radius 1 is 1.29 bits per heavy atom. The van der Waals surface area contributed by atoms with Gasteiger partial charge in [-0.1, -0.05) is 26.0 Å². The first kappa shape index (κ1) is 18.1. The summed E-state index contributed by atoms with van der Waals surface area (Å²) in [5, 5.41) is 17.3. The lowest BCUT2D eigenvalue weighted by Gasteiger charge is -2.17. The average molecular weight is 333 g/mol. The molecule has 0 saturated carbocycles. The van der Waals surface area contributed by atoms with E-state index in [1.807, 2.05) is 27.8 Å². The molecule has 1 amide bonds. The van der Waals surface area contributed by atoms with Crippen molar-refractivity contribution >= 4 is 5.91 Å². The molecule has 0 saturated heterocycles. The van der Waals surface area contributed by atoms with Crippen LogP contribution in [0.1, 0.15) is 61.0 Å². The monoisotopic (exact) mass is 333 g/mol. The van der Waals surface area contributed by atoms with Crippen LogP contribution in [0.15, 0.2) is 30.3 Å². The summed E-state index contributed by atoms with van der Waals surface area (Å²) < 4.78 is 14.6. The van der Waals surface area contributed by atoms with Crippen LogP contribution in [0, 0.1) is 5.82 Å². The number of amides is 1. The second kappa shape index (κ2) is 7.57. The molecule has 2 N–H and O–H groups in total. The highest BCUT2D eigenvalue weighted by Gasteiger charge is 2.18. The topological polar surface area (TPSA) is 67.2 Å². The Morgan fingerprint density at radius 2 is 1.92 bits per heavy atom. The summed E-state index contributed by atoms with van der Waals surface area (Å²) in [5.41, 5.74) is 1.97. The summed E-state index contributed by atoms with van der Waals surface area (Å²) in [6.45, 7) is 5.90. The number of carbonyl (C=O) groups excluding carboxylic acids is 1. The van der Waals surface area contributed by atoms with Crippen molar-refractivity contribution in [2.24, 2.45) is 7.05 Å². The number of aliphatic hydroxyl groups excluding tert-OH is 1. The maximum absolute atomic E-state index is 12.9. The quantitative estimate of drug-likeness (QED) is 0.854. The Kier molecular flexibility index (Phi) is 5.72. The summed E-state index contributed by atoms with van der Waals surface area (Å²) >= 11 is 0. The first-order valence-electron chi connectivity index (χ1n) is 8.06. The van der Waals surface area contributed by atoms with Crippen molar-refractivity contribution < 1.29 is 14.3 Å². The Morgan fingerprint density at radius 3 is 2.46 bits per heavy atom. The van der Waals surface area contributed by atoms with Gasteiger partial charge < -0.3 is 10.4 Å². The number of carbonyl (C=O) groups is 1. The van der Waals surface area contributed by atoms with Gasteiger partial charge in [-0.25, -0.2) is 4.39 Å². The molecule has 24 heavy (non-hydrogen) atoms. The zero-order valence-corrected chi connectivity index (χ0v) is 14.5. The van der Waals surface area contributed by atoms with Gasteiger partial charge in [0.25, 0.3) is 5.91 Å². The Labute approximate surface area is 141 Å². The van der Waals surface area contributed by atoms with Crippen LogP contribution in [0.2, 0.25) is 0 Å². The SMILES string of the molecule is CC(CC(O)c1ccc(F)cc1)NC(=O)c1cc(C(C)C)n(C)n1. The molecule has 1 aromatic heterocycles. The van der Waals surface area contributed by atoms with Crippen LogP contribution in [-0.4, -0.2) is 26.8 Å². The number of hydrogen-bond donors (Lipinski definition) is 2. The molecule has 130 valence electrons. The van der Waals surface area contributed by atoms with Gasteiger partial charge in [0.15, 0.2) is 0 Å². The molecular weight excluding hydrogens is 309 g/mol. The third-order valence-electron chi connectivity index (χ3n) is 3.95. The maximum Gasteiger partial charge on any atom is 0.271 e. The Hall–Kier alpha value is -2.21. The second-order valence-corrected chi connectivity index (χ2v) is 6.41. The van der Waals surface area contributed by atoms with Gasteiger partial charge in [-0.3, -0.25) is 9.48 Å². The number of rotatable bonds is 6. The van der Waals surface area contributed by atoms with Crippen molar-refractivity contribution in [3.8, 4) is 0 Å². The van der Waals surface area contributed by atoms with E-state index < -0.39 is 6.10 Å². The van der Waals surface area contributed by atoms with Crippen molar-refractivity contribution in [1.82, 2.24) is 15.1 Å². The van der Waals surface area contributed by atoms with Crippen LogP contribution in [-0.2, 0) is 7.05 Å². The molecule has 2 atom stereocenters. The zero-order chi connectivity index (χ0) is 17.9.